The minimum absolute atomic E-state index is 0.0405. The summed E-state index contributed by atoms with van der Waals surface area (Å²) < 4.78 is 13.1. The van der Waals surface area contributed by atoms with Gasteiger partial charge in [0, 0.05) is 11.7 Å². The highest BCUT2D eigenvalue weighted by molar-refractivity contribution is 6.29. The number of halogens is 2. The van der Waals surface area contributed by atoms with E-state index >= 15 is 0 Å². The molecule has 0 aliphatic carbocycles. The summed E-state index contributed by atoms with van der Waals surface area (Å²) in [5, 5.41) is 0. The Morgan fingerprint density at radius 3 is 3.06 bits per heavy atom. The van der Waals surface area contributed by atoms with Gasteiger partial charge < -0.3 is 4.90 Å². The SMILES string of the molecule is C[C@H]1CCc2cc(F)ccc2N1C(=O)CCl. The summed E-state index contributed by atoms with van der Waals surface area (Å²) >= 11 is 5.58. The first kappa shape index (κ1) is 11.4. The van der Waals surface area contributed by atoms with Gasteiger partial charge in [-0.15, -0.1) is 11.6 Å². The van der Waals surface area contributed by atoms with Crippen LogP contribution in [0.15, 0.2) is 18.2 Å². The molecule has 0 bridgehead atoms. The molecule has 0 saturated carbocycles. The van der Waals surface area contributed by atoms with Crippen LogP contribution in [0, 0.1) is 5.82 Å². The largest absolute Gasteiger partial charge is 0.308 e. The number of nitrogens with zero attached hydrogens (tertiary/aromatic N) is 1. The van der Waals surface area contributed by atoms with E-state index in [1.807, 2.05) is 6.92 Å². The second-order valence-electron chi connectivity index (χ2n) is 4.06. The van der Waals surface area contributed by atoms with E-state index in [1.165, 1.54) is 12.1 Å². The van der Waals surface area contributed by atoms with Crippen molar-refractivity contribution in [2.24, 2.45) is 0 Å². The van der Waals surface area contributed by atoms with Crippen molar-refractivity contribution in [2.45, 2.75) is 25.8 Å². The van der Waals surface area contributed by atoms with E-state index < -0.39 is 0 Å². The molecule has 0 unspecified atom stereocenters. The van der Waals surface area contributed by atoms with Gasteiger partial charge in [-0.25, -0.2) is 4.39 Å². The second kappa shape index (κ2) is 4.42. The molecular weight excluding hydrogens is 229 g/mol. The van der Waals surface area contributed by atoms with Crippen molar-refractivity contribution in [1.29, 1.82) is 0 Å². The molecule has 0 spiro atoms. The third-order valence-electron chi connectivity index (χ3n) is 2.96. The van der Waals surface area contributed by atoms with Crippen molar-refractivity contribution in [1.82, 2.24) is 0 Å². The Morgan fingerprint density at radius 1 is 1.62 bits per heavy atom. The van der Waals surface area contributed by atoms with Gasteiger partial charge >= 0.3 is 0 Å². The average molecular weight is 242 g/mol. The van der Waals surface area contributed by atoms with Gasteiger partial charge in [0.15, 0.2) is 0 Å². The Hall–Kier alpha value is -1.09. The maximum absolute atomic E-state index is 13.1. The lowest BCUT2D eigenvalue weighted by atomic mass is 9.96. The molecular formula is C12H13ClFNO. The lowest BCUT2D eigenvalue weighted by Crippen LogP contribution is -2.42. The first-order valence-electron chi connectivity index (χ1n) is 5.30. The van der Waals surface area contributed by atoms with E-state index in [-0.39, 0.29) is 23.6 Å². The Morgan fingerprint density at radius 2 is 2.38 bits per heavy atom. The van der Waals surface area contributed by atoms with Gasteiger partial charge in [-0.05, 0) is 43.5 Å². The summed E-state index contributed by atoms with van der Waals surface area (Å²) in [5.74, 6) is -0.422. The lowest BCUT2D eigenvalue weighted by molar-refractivity contribution is -0.116. The number of hydrogen-bond donors (Lipinski definition) is 0. The van der Waals surface area contributed by atoms with E-state index in [0.29, 0.717) is 0 Å². The van der Waals surface area contributed by atoms with Crippen molar-refractivity contribution in [3.8, 4) is 0 Å². The molecule has 1 atom stereocenters. The van der Waals surface area contributed by atoms with Gasteiger partial charge in [0.05, 0.1) is 0 Å². The van der Waals surface area contributed by atoms with Gasteiger partial charge in [0.1, 0.15) is 11.7 Å². The fourth-order valence-electron chi connectivity index (χ4n) is 2.16. The number of hydrogen-bond acceptors (Lipinski definition) is 1. The normalized spacial score (nSPS) is 19.4. The van der Waals surface area contributed by atoms with Crippen LogP contribution in [0.1, 0.15) is 18.9 Å². The molecule has 0 radical (unpaired) electrons. The minimum atomic E-state index is -0.258. The molecule has 16 heavy (non-hydrogen) atoms. The van der Waals surface area contributed by atoms with Crippen LogP contribution in [0.5, 0.6) is 0 Å². The topological polar surface area (TPSA) is 20.3 Å². The molecule has 86 valence electrons. The maximum atomic E-state index is 13.1. The zero-order valence-corrected chi connectivity index (χ0v) is 9.80. The van der Waals surface area contributed by atoms with Crippen molar-refractivity contribution in [3.63, 3.8) is 0 Å². The van der Waals surface area contributed by atoms with Gasteiger partial charge in [-0.1, -0.05) is 0 Å². The lowest BCUT2D eigenvalue weighted by Gasteiger charge is -2.34. The van der Waals surface area contributed by atoms with Crippen LogP contribution < -0.4 is 4.90 Å². The first-order valence-corrected chi connectivity index (χ1v) is 5.83. The predicted molar refractivity (Wildman–Crippen MR) is 62.4 cm³/mol. The molecule has 0 saturated heterocycles. The number of fused-ring (bicyclic) bond motifs is 1. The van der Waals surface area contributed by atoms with Gasteiger partial charge in [0.2, 0.25) is 5.91 Å². The van der Waals surface area contributed by atoms with Crippen molar-refractivity contribution in [2.75, 3.05) is 10.8 Å². The molecule has 4 heteroatoms. The van der Waals surface area contributed by atoms with Crippen LogP contribution in [0.2, 0.25) is 0 Å². The highest BCUT2D eigenvalue weighted by Crippen LogP contribution is 2.31. The molecule has 1 aliphatic rings. The van der Waals surface area contributed by atoms with E-state index in [0.717, 1.165) is 24.1 Å². The first-order chi connectivity index (χ1) is 7.63. The predicted octanol–water partition coefficient (Wildman–Crippen LogP) is 2.73. The molecule has 1 heterocycles. The Labute approximate surface area is 99.0 Å². The third kappa shape index (κ3) is 1.92. The summed E-state index contributed by atoms with van der Waals surface area (Å²) in [5.41, 5.74) is 1.68. The number of anilines is 1. The number of carbonyl (C=O) groups is 1. The molecule has 0 fully saturated rings. The molecule has 0 aromatic heterocycles. The molecule has 1 aromatic carbocycles. The summed E-state index contributed by atoms with van der Waals surface area (Å²) in [4.78, 5) is 13.4. The van der Waals surface area contributed by atoms with Crippen LogP contribution in [0.25, 0.3) is 0 Å². The zero-order chi connectivity index (χ0) is 11.7. The maximum Gasteiger partial charge on any atom is 0.242 e. The quantitative estimate of drug-likeness (QED) is 0.693. The van der Waals surface area contributed by atoms with E-state index in [9.17, 15) is 9.18 Å². The summed E-state index contributed by atoms with van der Waals surface area (Å²) in [6, 6.07) is 4.66. The minimum Gasteiger partial charge on any atom is -0.308 e. The number of rotatable bonds is 1. The average Bonchev–Trinajstić information content (AvgIpc) is 2.28. The number of alkyl halides is 1. The van der Waals surface area contributed by atoms with Crippen LogP contribution in [-0.2, 0) is 11.2 Å². The van der Waals surface area contributed by atoms with Crippen LogP contribution >= 0.6 is 11.6 Å². The fourth-order valence-corrected chi connectivity index (χ4v) is 2.29. The number of amides is 1. The summed E-state index contributed by atoms with van der Waals surface area (Å²) in [7, 11) is 0. The van der Waals surface area contributed by atoms with Gasteiger partial charge in [0.25, 0.3) is 0 Å². The van der Waals surface area contributed by atoms with E-state index in [1.54, 1.807) is 11.0 Å². The molecule has 2 rings (SSSR count). The van der Waals surface area contributed by atoms with Crippen molar-refractivity contribution in [3.05, 3.63) is 29.6 Å². The zero-order valence-electron chi connectivity index (χ0n) is 9.04. The van der Waals surface area contributed by atoms with Gasteiger partial charge in [-0.3, -0.25) is 4.79 Å². The summed E-state index contributed by atoms with van der Waals surface area (Å²) in [6.45, 7) is 1.98. The monoisotopic (exact) mass is 241 g/mol. The molecule has 1 aromatic rings. The van der Waals surface area contributed by atoms with Gasteiger partial charge in [-0.2, -0.15) is 0 Å². The second-order valence-corrected chi connectivity index (χ2v) is 4.33. The Balaban J connectivity index is 2.44. The number of benzene rings is 1. The van der Waals surface area contributed by atoms with Crippen LogP contribution in [-0.4, -0.2) is 17.8 Å². The highest BCUT2D eigenvalue weighted by atomic mass is 35.5. The standard InChI is InChI=1S/C12H13ClFNO/c1-8-2-3-9-6-10(14)4-5-11(9)15(8)12(16)7-13/h4-6,8H,2-3,7H2,1H3/t8-/m0/s1. The van der Waals surface area contributed by atoms with Crippen LogP contribution in [0.3, 0.4) is 0 Å². The summed E-state index contributed by atoms with van der Waals surface area (Å²) in [6.07, 6.45) is 1.65. The Kier molecular flexibility index (Phi) is 3.15. The van der Waals surface area contributed by atoms with Crippen molar-refractivity contribution < 1.29 is 9.18 Å². The molecule has 2 nitrogen and oxygen atoms in total. The third-order valence-corrected chi connectivity index (χ3v) is 3.18. The Bertz CT molecular complexity index is 421. The van der Waals surface area contributed by atoms with E-state index in [2.05, 4.69) is 0 Å². The van der Waals surface area contributed by atoms with Crippen molar-refractivity contribution >= 4 is 23.2 Å². The highest BCUT2D eigenvalue weighted by Gasteiger charge is 2.27. The van der Waals surface area contributed by atoms with Crippen LogP contribution in [0.4, 0.5) is 10.1 Å². The molecule has 0 N–H and O–H groups in total. The molecule has 1 aliphatic heterocycles. The molecule has 1 amide bonds. The van der Waals surface area contributed by atoms with E-state index in [4.69, 9.17) is 11.6 Å². The number of aryl methyl sites for hydroxylation is 1. The number of carbonyl (C=O) groups excluding carboxylic acids is 1. The smallest absolute Gasteiger partial charge is 0.242 e. The fraction of sp³-hybridized carbons (Fsp3) is 0.417.